The molecule has 2 aliphatic rings. The molecule has 2 N–H and O–H groups in total. The number of pyridine rings is 1. The molecule has 2 heterocycles. The number of esters is 1. The summed E-state index contributed by atoms with van der Waals surface area (Å²) < 4.78 is 16.9. The van der Waals surface area contributed by atoms with Crippen LogP contribution in [0.3, 0.4) is 0 Å². The number of fused-ring (bicyclic) bond motifs is 3. The lowest BCUT2D eigenvalue weighted by atomic mass is 9.71. The highest BCUT2D eigenvalue weighted by atomic mass is 16.5. The lowest BCUT2D eigenvalue weighted by Gasteiger charge is -2.40. The van der Waals surface area contributed by atoms with Crippen LogP contribution in [0.25, 0.3) is 0 Å². The zero-order chi connectivity index (χ0) is 24.1. The van der Waals surface area contributed by atoms with Crippen molar-refractivity contribution >= 4 is 5.97 Å². The van der Waals surface area contributed by atoms with Crippen molar-refractivity contribution in [3.05, 3.63) is 89.2 Å². The van der Waals surface area contributed by atoms with Gasteiger partial charge < -0.3 is 24.4 Å². The zero-order valence-corrected chi connectivity index (χ0v) is 18.5. The number of nitrogens with zero attached hydrogens (tertiary/aromatic N) is 2. The quantitative estimate of drug-likeness (QED) is 0.572. The molecule has 5 atom stereocenters. The third-order valence-electron chi connectivity index (χ3n) is 6.90. The SMILES string of the molecule is COC(=O)[C@H]1[C@@H](O)[C@@]2(O)c3ncc(C#N)cc3O[C@@]2(c2ccc(OC)cc2)[C@@H]1c1ccccc1. The number of rotatable bonds is 4. The van der Waals surface area contributed by atoms with Crippen LogP contribution < -0.4 is 9.47 Å². The van der Waals surface area contributed by atoms with Crippen LogP contribution in [0, 0.1) is 17.2 Å². The molecular formula is C26H22N2O6. The summed E-state index contributed by atoms with van der Waals surface area (Å²) in [6.07, 6.45) is -0.311. The van der Waals surface area contributed by atoms with E-state index in [0.29, 0.717) is 16.9 Å². The molecule has 34 heavy (non-hydrogen) atoms. The van der Waals surface area contributed by atoms with Crippen molar-refractivity contribution in [1.82, 2.24) is 4.98 Å². The highest BCUT2D eigenvalue weighted by molar-refractivity contribution is 5.77. The van der Waals surface area contributed by atoms with E-state index < -0.39 is 35.1 Å². The van der Waals surface area contributed by atoms with E-state index in [-0.39, 0.29) is 17.0 Å². The number of carbonyl (C=O) groups is 1. The van der Waals surface area contributed by atoms with Gasteiger partial charge in [0.1, 0.15) is 29.4 Å². The second kappa shape index (κ2) is 7.83. The normalized spacial score (nSPS) is 28.9. The summed E-state index contributed by atoms with van der Waals surface area (Å²) in [5.41, 5.74) is -2.31. The highest BCUT2D eigenvalue weighted by Gasteiger charge is 2.78. The molecule has 1 aromatic heterocycles. The Morgan fingerprint density at radius 3 is 2.47 bits per heavy atom. The minimum atomic E-state index is -2.12. The number of aromatic nitrogens is 1. The molecule has 2 aromatic carbocycles. The predicted molar refractivity (Wildman–Crippen MR) is 119 cm³/mol. The lowest BCUT2D eigenvalue weighted by Crippen LogP contribution is -2.52. The molecule has 0 radical (unpaired) electrons. The number of ether oxygens (including phenoxy) is 3. The van der Waals surface area contributed by atoms with E-state index in [1.807, 2.05) is 36.4 Å². The molecule has 5 rings (SSSR count). The van der Waals surface area contributed by atoms with Crippen molar-refractivity contribution in [1.29, 1.82) is 5.26 Å². The molecule has 0 bridgehead atoms. The molecule has 1 saturated carbocycles. The Morgan fingerprint density at radius 1 is 1.15 bits per heavy atom. The van der Waals surface area contributed by atoms with Gasteiger partial charge in [0, 0.05) is 18.2 Å². The molecule has 0 amide bonds. The van der Waals surface area contributed by atoms with Crippen molar-refractivity contribution in [3.63, 3.8) is 0 Å². The molecule has 8 nitrogen and oxygen atoms in total. The molecule has 1 aliphatic heterocycles. The largest absolute Gasteiger partial charge is 0.497 e. The first-order valence-corrected chi connectivity index (χ1v) is 10.7. The van der Waals surface area contributed by atoms with E-state index in [0.717, 1.165) is 0 Å². The first-order chi connectivity index (χ1) is 16.4. The van der Waals surface area contributed by atoms with Crippen LogP contribution in [-0.4, -0.2) is 41.5 Å². The fraction of sp³-hybridized carbons (Fsp3) is 0.269. The fourth-order valence-electron chi connectivity index (χ4n) is 5.45. The average Bonchev–Trinajstić information content (AvgIpc) is 3.26. The second-order valence-electron chi connectivity index (χ2n) is 8.40. The number of carbonyl (C=O) groups excluding carboxylic acids is 1. The van der Waals surface area contributed by atoms with Crippen LogP contribution >= 0.6 is 0 Å². The molecule has 172 valence electrons. The minimum absolute atomic E-state index is 0.0575. The van der Waals surface area contributed by atoms with Crippen molar-refractivity contribution in [3.8, 4) is 17.6 Å². The van der Waals surface area contributed by atoms with Gasteiger partial charge in [0.25, 0.3) is 0 Å². The molecule has 8 heteroatoms. The maximum Gasteiger partial charge on any atom is 0.312 e. The third kappa shape index (κ3) is 2.71. The van der Waals surface area contributed by atoms with Gasteiger partial charge in [0.05, 0.1) is 25.7 Å². The highest BCUT2D eigenvalue weighted by Crippen LogP contribution is 2.68. The lowest BCUT2D eigenvalue weighted by molar-refractivity contribution is -0.162. The molecule has 1 fully saturated rings. The summed E-state index contributed by atoms with van der Waals surface area (Å²) in [7, 11) is 2.78. The summed E-state index contributed by atoms with van der Waals surface area (Å²) >= 11 is 0. The number of aliphatic hydroxyl groups excluding tert-OH is 1. The van der Waals surface area contributed by atoms with Gasteiger partial charge in [-0.25, -0.2) is 0 Å². The minimum Gasteiger partial charge on any atom is -0.497 e. The van der Waals surface area contributed by atoms with Crippen molar-refractivity contribution in [2.75, 3.05) is 14.2 Å². The van der Waals surface area contributed by atoms with Crippen LogP contribution in [0.15, 0.2) is 66.9 Å². The number of benzene rings is 2. The standard InChI is InChI=1S/C26H22N2O6/c1-32-18-10-8-17(9-11-18)26-21(16-6-4-3-5-7-16)20(24(30)33-2)23(29)25(26,31)22-19(34-26)12-15(13-27)14-28-22/h3-12,14,20-21,23,29,31H,1-2H3/t20-,21-,23-,25+,26+/m1/s1. The number of nitriles is 1. The Morgan fingerprint density at radius 2 is 1.85 bits per heavy atom. The van der Waals surface area contributed by atoms with Gasteiger partial charge in [-0.2, -0.15) is 5.26 Å². The van der Waals surface area contributed by atoms with E-state index in [4.69, 9.17) is 14.2 Å². The summed E-state index contributed by atoms with van der Waals surface area (Å²) in [5.74, 6) is -1.95. The topological polar surface area (TPSA) is 122 Å². The maximum absolute atomic E-state index is 13.0. The first-order valence-electron chi connectivity index (χ1n) is 10.7. The van der Waals surface area contributed by atoms with Crippen LogP contribution in [0.5, 0.6) is 11.5 Å². The van der Waals surface area contributed by atoms with Crippen LogP contribution in [0.2, 0.25) is 0 Å². The van der Waals surface area contributed by atoms with E-state index in [1.165, 1.54) is 26.5 Å². The van der Waals surface area contributed by atoms with E-state index >= 15 is 0 Å². The van der Waals surface area contributed by atoms with Crippen molar-refractivity contribution in [2.45, 2.75) is 23.2 Å². The van der Waals surface area contributed by atoms with Crippen molar-refractivity contribution < 1.29 is 29.2 Å². The van der Waals surface area contributed by atoms with Gasteiger partial charge in [-0.05, 0) is 23.3 Å². The zero-order valence-electron chi connectivity index (χ0n) is 18.5. The average molecular weight is 458 g/mol. The molecular weight excluding hydrogens is 436 g/mol. The van der Waals surface area contributed by atoms with Crippen LogP contribution in [-0.2, 0) is 20.7 Å². The van der Waals surface area contributed by atoms with Gasteiger partial charge in [-0.1, -0.05) is 42.5 Å². The molecule has 0 saturated heterocycles. The van der Waals surface area contributed by atoms with E-state index in [1.54, 1.807) is 24.3 Å². The van der Waals surface area contributed by atoms with Gasteiger partial charge >= 0.3 is 5.97 Å². The van der Waals surface area contributed by atoms with Crippen molar-refractivity contribution in [2.24, 2.45) is 5.92 Å². The van der Waals surface area contributed by atoms with Crippen LogP contribution in [0.4, 0.5) is 0 Å². The van der Waals surface area contributed by atoms with E-state index in [2.05, 4.69) is 4.98 Å². The summed E-state index contributed by atoms with van der Waals surface area (Å²) in [4.78, 5) is 17.3. The Hall–Kier alpha value is -3.93. The number of hydrogen-bond acceptors (Lipinski definition) is 8. The maximum atomic E-state index is 13.0. The Kier molecular flexibility index (Phi) is 5.04. The van der Waals surface area contributed by atoms with Gasteiger partial charge in [-0.3, -0.25) is 9.78 Å². The van der Waals surface area contributed by atoms with Gasteiger partial charge in [-0.15, -0.1) is 0 Å². The molecule has 1 aliphatic carbocycles. The molecule has 3 aromatic rings. The Balaban J connectivity index is 1.85. The fourth-order valence-corrected chi connectivity index (χ4v) is 5.45. The van der Waals surface area contributed by atoms with Crippen LogP contribution in [0.1, 0.15) is 28.3 Å². The smallest absolute Gasteiger partial charge is 0.312 e. The Bertz CT molecular complexity index is 1290. The monoisotopic (exact) mass is 458 g/mol. The van der Waals surface area contributed by atoms with Gasteiger partial charge in [0.15, 0.2) is 11.2 Å². The predicted octanol–water partition coefficient (Wildman–Crippen LogP) is 2.38. The second-order valence-corrected chi connectivity index (χ2v) is 8.40. The summed E-state index contributed by atoms with van der Waals surface area (Å²) in [6.45, 7) is 0. The number of methoxy groups -OCH3 is 2. The number of aliphatic hydroxyl groups is 2. The first kappa shape index (κ1) is 21.9. The molecule has 0 unspecified atom stereocenters. The van der Waals surface area contributed by atoms with E-state index in [9.17, 15) is 20.3 Å². The Labute approximate surface area is 196 Å². The summed E-state index contributed by atoms with van der Waals surface area (Å²) in [6, 6.07) is 19.4. The van der Waals surface area contributed by atoms with Gasteiger partial charge in [0.2, 0.25) is 0 Å². The molecule has 0 spiro atoms. The number of hydrogen-bond donors (Lipinski definition) is 2. The third-order valence-corrected chi connectivity index (χ3v) is 6.90. The summed E-state index contributed by atoms with van der Waals surface area (Å²) in [5, 5.41) is 33.3.